The molecule has 23 heavy (non-hydrogen) atoms. The Morgan fingerprint density at radius 2 is 1.57 bits per heavy atom. The van der Waals surface area contributed by atoms with Crippen LogP contribution in [-0.4, -0.2) is 61.5 Å². The van der Waals surface area contributed by atoms with Gasteiger partial charge < -0.3 is 15.4 Å². The van der Waals surface area contributed by atoms with Gasteiger partial charge in [-0.25, -0.2) is 0 Å². The number of nitrogens with zero attached hydrogens (tertiary/aromatic N) is 1. The number of carbonyl (C=O) groups is 4. The van der Waals surface area contributed by atoms with Crippen molar-refractivity contribution < 1.29 is 19.2 Å². The molecule has 0 aromatic carbocycles. The second-order valence-corrected chi connectivity index (χ2v) is 5.57. The van der Waals surface area contributed by atoms with Gasteiger partial charge in [-0.3, -0.25) is 19.3 Å². The molecule has 7 heteroatoms. The van der Waals surface area contributed by atoms with Gasteiger partial charge >= 0.3 is 0 Å². The highest BCUT2D eigenvalue weighted by atomic mass is 16.2. The van der Waals surface area contributed by atoms with Gasteiger partial charge in [0.15, 0.2) is 0 Å². The quantitative estimate of drug-likeness (QED) is 0.474. The zero-order valence-electron chi connectivity index (χ0n) is 14.4. The molecule has 0 aliphatic rings. The van der Waals surface area contributed by atoms with Crippen LogP contribution < -0.4 is 10.6 Å². The molecule has 2 N–H and O–H groups in total. The maximum absolute atomic E-state index is 11.9. The van der Waals surface area contributed by atoms with Crippen molar-refractivity contribution in [2.24, 2.45) is 0 Å². The van der Waals surface area contributed by atoms with Crippen LogP contribution in [0.15, 0.2) is 0 Å². The van der Waals surface area contributed by atoms with E-state index in [0.29, 0.717) is 19.4 Å². The summed E-state index contributed by atoms with van der Waals surface area (Å²) in [5.74, 6) is -0.263. The minimum absolute atomic E-state index is 0.00839. The smallest absolute Gasteiger partial charge is 0.234 e. The van der Waals surface area contributed by atoms with E-state index in [1.165, 1.54) is 11.9 Å². The van der Waals surface area contributed by atoms with Crippen molar-refractivity contribution in [1.82, 2.24) is 15.5 Å². The second-order valence-electron chi connectivity index (χ2n) is 5.57. The maximum atomic E-state index is 11.9. The van der Waals surface area contributed by atoms with Crippen molar-refractivity contribution in [3.8, 4) is 0 Å². The number of unbranched alkanes of at least 4 members (excludes halogenated alkanes) is 2. The Labute approximate surface area is 138 Å². The van der Waals surface area contributed by atoms with E-state index in [1.54, 1.807) is 13.8 Å². The summed E-state index contributed by atoms with van der Waals surface area (Å²) in [7, 11) is 1.52. The van der Waals surface area contributed by atoms with Gasteiger partial charge in [0.1, 0.15) is 11.6 Å². The summed E-state index contributed by atoms with van der Waals surface area (Å²) in [6, 6.07) is 0. The van der Waals surface area contributed by atoms with Crippen molar-refractivity contribution in [3.05, 3.63) is 0 Å². The highest BCUT2D eigenvalue weighted by Crippen LogP contribution is 1.99. The first-order valence-electron chi connectivity index (χ1n) is 8.09. The third-order valence-electron chi connectivity index (χ3n) is 3.34. The van der Waals surface area contributed by atoms with E-state index < -0.39 is 0 Å². The van der Waals surface area contributed by atoms with Crippen LogP contribution in [0.2, 0.25) is 0 Å². The molecule has 0 saturated carbocycles. The SMILES string of the molecule is CCC(=O)CN(CC(=O)NC)CC(=O)NCCCCCC(C)=O. The molecule has 0 rings (SSSR count). The number of nitrogens with one attached hydrogen (secondary N) is 2. The maximum Gasteiger partial charge on any atom is 0.234 e. The van der Waals surface area contributed by atoms with Gasteiger partial charge in [-0.1, -0.05) is 13.3 Å². The van der Waals surface area contributed by atoms with E-state index in [-0.39, 0.29) is 43.0 Å². The van der Waals surface area contributed by atoms with Crippen LogP contribution >= 0.6 is 0 Å². The number of likely N-dealkylation sites (N-methyl/N-ethyl adjacent to an activating group) is 1. The van der Waals surface area contributed by atoms with E-state index in [4.69, 9.17) is 0 Å². The van der Waals surface area contributed by atoms with E-state index in [2.05, 4.69) is 10.6 Å². The van der Waals surface area contributed by atoms with E-state index >= 15 is 0 Å². The van der Waals surface area contributed by atoms with Crippen molar-refractivity contribution in [1.29, 1.82) is 0 Å². The number of hydrogen-bond acceptors (Lipinski definition) is 5. The normalized spacial score (nSPS) is 10.4. The lowest BCUT2D eigenvalue weighted by atomic mass is 10.1. The minimum atomic E-state index is -0.231. The number of rotatable bonds is 13. The molecule has 7 nitrogen and oxygen atoms in total. The number of hydrogen-bond donors (Lipinski definition) is 2. The standard InChI is InChI=1S/C16H29N3O4/c1-4-14(21)10-19(11-15(22)17-3)12-16(23)18-9-7-5-6-8-13(2)20/h4-12H2,1-3H3,(H,17,22)(H,18,23). The fourth-order valence-electron chi connectivity index (χ4n) is 1.97. The number of Topliss-reactive ketones (excluding diaryl/α,β-unsaturated/α-hetero) is 2. The number of ketones is 2. The van der Waals surface area contributed by atoms with Crippen LogP contribution in [0, 0.1) is 0 Å². The monoisotopic (exact) mass is 327 g/mol. The minimum Gasteiger partial charge on any atom is -0.358 e. The van der Waals surface area contributed by atoms with Crippen LogP contribution in [0.3, 0.4) is 0 Å². The predicted molar refractivity (Wildman–Crippen MR) is 88.0 cm³/mol. The van der Waals surface area contributed by atoms with Crippen molar-refractivity contribution in [3.63, 3.8) is 0 Å². The molecule has 0 spiro atoms. The Kier molecular flexibility index (Phi) is 11.8. The van der Waals surface area contributed by atoms with Crippen molar-refractivity contribution in [2.45, 2.75) is 46.0 Å². The molecule has 0 unspecified atom stereocenters. The van der Waals surface area contributed by atoms with Crippen LogP contribution in [0.1, 0.15) is 46.0 Å². The zero-order chi connectivity index (χ0) is 17.7. The fourth-order valence-corrected chi connectivity index (χ4v) is 1.97. The molecule has 0 radical (unpaired) electrons. The van der Waals surface area contributed by atoms with Crippen LogP contribution in [0.5, 0.6) is 0 Å². The van der Waals surface area contributed by atoms with Crippen LogP contribution in [-0.2, 0) is 19.2 Å². The Morgan fingerprint density at radius 3 is 2.13 bits per heavy atom. The number of amides is 2. The molecule has 0 aliphatic carbocycles. The largest absolute Gasteiger partial charge is 0.358 e. The molecular formula is C16H29N3O4. The third kappa shape index (κ3) is 12.5. The van der Waals surface area contributed by atoms with Gasteiger partial charge in [0.05, 0.1) is 19.6 Å². The van der Waals surface area contributed by atoms with Crippen molar-refractivity contribution >= 4 is 23.4 Å². The Bertz CT molecular complexity index is 392. The lowest BCUT2D eigenvalue weighted by Gasteiger charge is -2.19. The molecule has 0 fully saturated rings. The molecule has 0 bridgehead atoms. The van der Waals surface area contributed by atoms with E-state index in [9.17, 15) is 19.2 Å². The molecule has 2 amide bonds. The second kappa shape index (κ2) is 12.8. The fraction of sp³-hybridized carbons (Fsp3) is 0.750. The van der Waals surface area contributed by atoms with E-state index in [1.807, 2.05) is 0 Å². The molecule has 0 saturated heterocycles. The summed E-state index contributed by atoms with van der Waals surface area (Å²) in [5, 5.41) is 5.26. The summed E-state index contributed by atoms with van der Waals surface area (Å²) < 4.78 is 0. The molecule has 0 atom stereocenters. The molecule has 0 aromatic rings. The number of carbonyl (C=O) groups excluding carboxylic acids is 4. The third-order valence-corrected chi connectivity index (χ3v) is 3.34. The van der Waals surface area contributed by atoms with Gasteiger partial charge in [-0.2, -0.15) is 0 Å². The lowest BCUT2D eigenvalue weighted by molar-refractivity contribution is -0.127. The summed E-state index contributed by atoms with van der Waals surface area (Å²) in [6.07, 6.45) is 3.48. The molecule has 0 heterocycles. The summed E-state index contributed by atoms with van der Waals surface area (Å²) in [4.78, 5) is 47.2. The molecule has 0 aromatic heterocycles. The van der Waals surface area contributed by atoms with Gasteiger partial charge in [0.2, 0.25) is 11.8 Å². The Balaban J connectivity index is 4.08. The van der Waals surface area contributed by atoms with Crippen LogP contribution in [0.25, 0.3) is 0 Å². The lowest BCUT2D eigenvalue weighted by Crippen LogP contribution is -2.44. The average molecular weight is 327 g/mol. The average Bonchev–Trinajstić information content (AvgIpc) is 2.49. The highest BCUT2D eigenvalue weighted by Gasteiger charge is 2.16. The van der Waals surface area contributed by atoms with Gasteiger partial charge in [-0.15, -0.1) is 0 Å². The van der Waals surface area contributed by atoms with Gasteiger partial charge in [0, 0.05) is 26.4 Å². The molecule has 132 valence electrons. The Hall–Kier alpha value is -1.76. The Morgan fingerprint density at radius 1 is 0.913 bits per heavy atom. The summed E-state index contributed by atoms with van der Waals surface area (Å²) in [5.41, 5.74) is 0. The zero-order valence-corrected chi connectivity index (χ0v) is 14.4. The first kappa shape index (κ1) is 21.2. The summed E-state index contributed by atoms with van der Waals surface area (Å²) in [6.45, 7) is 3.99. The van der Waals surface area contributed by atoms with Crippen molar-refractivity contribution in [2.75, 3.05) is 33.2 Å². The summed E-state index contributed by atoms with van der Waals surface area (Å²) >= 11 is 0. The van der Waals surface area contributed by atoms with Crippen LogP contribution in [0.4, 0.5) is 0 Å². The topological polar surface area (TPSA) is 95.6 Å². The van der Waals surface area contributed by atoms with Gasteiger partial charge in [-0.05, 0) is 19.8 Å². The highest BCUT2D eigenvalue weighted by molar-refractivity contribution is 5.84. The van der Waals surface area contributed by atoms with Gasteiger partial charge in [0.25, 0.3) is 0 Å². The predicted octanol–water partition coefficient (Wildman–Crippen LogP) is 0.279. The van der Waals surface area contributed by atoms with E-state index in [0.717, 1.165) is 19.3 Å². The first-order valence-corrected chi connectivity index (χ1v) is 8.09. The molecular weight excluding hydrogens is 298 g/mol. The first-order chi connectivity index (χ1) is 10.9. The molecule has 0 aliphatic heterocycles.